The van der Waals surface area contributed by atoms with E-state index in [1.807, 2.05) is 12.1 Å². The second-order valence-electron chi connectivity index (χ2n) is 5.24. The van der Waals surface area contributed by atoms with Gasteiger partial charge in [-0.05, 0) is 50.1 Å². The van der Waals surface area contributed by atoms with E-state index >= 15 is 0 Å². The van der Waals surface area contributed by atoms with Crippen LogP contribution in [0.3, 0.4) is 0 Å². The summed E-state index contributed by atoms with van der Waals surface area (Å²) in [5.41, 5.74) is 6.81. The van der Waals surface area contributed by atoms with Crippen molar-refractivity contribution in [2.75, 3.05) is 23.7 Å². The van der Waals surface area contributed by atoms with Crippen molar-refractivity contribution in [2.24, 2.45) is 11.7 Å². The molecule has 0 spiro atoms. The molecule has 19 heavy (non-hydrogen) atoms. The Balaban J connectivity index is 2.20. The largest absolute Gasteiger partial charge is 0.368 e. The number of sulfone groups is 1. The highest BCUT2D eigenvalue weighted by molar-refractivity contribution is 7.91. The van der Waals surface area contributed by atoms with Crippen molar-refractivity contribution in [3.05, 3.63) is 24.3 Å². The van der Waals surface area contributed by atoms with Crippen molar-refractivity contribution in [3.8, 4) is 0 Å². The van der Waals surface area contributed by atoms with Crippen molar-refractivity contribution in [1.82, 2.24) is 0 Å². The second-order valence-corrected chi connectivity index (χ2v) is 7.51. The van der Waals surface area contributed by atoms with Gasteiger partial charge in [-0.1, -0.05) is 6.92 Å². The van der Waals surface area contributed by atoms with E-state index in [0.29, 0.717) is 23.4 Å². The van der Waals surface area contributed by atoms with Gasteiger partial charge in [0.2, 0.25) is 0 Å². The van der Waals surface area contributed by atoms with Gasteiger partial charge >= 0.3 is 0 Å². The smallest absolute Gasteiger partial charge is 0.178 e. The van der Waals surface area contributed by atoms with Gasteiger partial charge in [-0.3, -0.25) is 0 Å². The van der Waals surface area contributed by atoms with E-state index in [4.69, 9.17) is 5.73 Å². The first-order valence-corrected chi connectivity index (χ1v) is 8.42. The Kier molecular flexibility index (Phi) is 4.16. The van der Waals surface area contributed by atoms with Crippen LogP contribution in [0.1, 0.15) is 20.3 Å². The number of nitrogens with two attached hydrogens (primary N) is 1. The summed E-state index contributed by atoms with van der Waals surface area (Å²) in [6.45, 7) is 5.52. The van der Waals surface area contributed by atoms with E-state index in [0.717, 1.165) is 18.7 Å². The van der Waals surface area contributed by atoms with E-state index < -0.39 is 9.84 Å². The summed E-state index contributed by atoms with van der Waals surface area (Å²) in [5, 5.41) is 0. The fraction of sp³-hybridized carbons (Fsp3) is 0.571. The zero-order valence-electron chi connectivity index (χ0n) is 11.5. The van der Waals surface area contributed by atoms with Gasteiger partial charge in [-0.15, -0.1) is 0 Å². The quantitative estimate of drug-likeness (QED) is 0.912. The van der Waals surface area contributed by atoms with E-state index in [1.165, 1.54) is 0 Å². The van der Waals surface area contributed by atoms with Gasteiger partial charge in [0.15, 0.2) is 9.84 Å². The molecular weight excluding hydrogens is 260 g/mol. The summed E-state index contributed by atoms with van der Waals surface area (Å²) >= 11 is 0. The molecule has 0 radical (unpaired) electrons. The summed E-state index contributed by atoms with van der Waals surface area (Å²) in [4.78, 5) is 2.71. The topological polar surface area (TPSA) is 63.4 Å². The molecule has 2 rings (SSSR count). The van der Waals surface area contributed by atoms with Crippen LogP contribution < -0.4 is 10.6 Å². The van der Waals surface area contributed by atoms with Crippen LogP contribution in [0.5, 0.6) is 0 Å². The lowest BCUT2D eigenvalue weighted by atomic mass is 10.1. The minimum Gasteiger partial charge on any atom is -0.368 e. The molecule has 1 aromatic rings. The van der Waals surface area contributed by atoms with Crippen LogP contribution in [-0.2, 0) is 9.84 Å². The van der Waals surface area contributed by atoms with Crippen molar-refractivity contribution >= 4 is 15.5 Å². The van der Waals surface area contributed by atoms with Crippen LogP contribution in [0.2, 0.25) is 0 Å². The molecule has 0 saturated carbocycles. The highest BCUT2D eigenvalue weighted by atomic mass is 32.2. The maximum Gasteiger partial charge on any atom is 0.178 e. The predicted molar refractivity (Wildman–Crippen MR) is 78.1 cm³/mol. The van der Waals surface area contributed by atoms with E-state index in [-0.39, 0.29) is 5.75 Å². The highest BCUT2D eigenvalue weighted by Gasteiger charge is 2.28. The maximum absolute atomic E-state index is 11.8. The zero-order valence-corrected chi connectivity index (χ0v) is 12.4. The van der Waals surface area contributed by atoms with Crippen molar-refractivity contribution in [1.29, 1.82) is 0 Å². The van der Waals surface area contributed by atoms with Crippen molar-refractivity contribution in [2.45, 2.75) is 31.2 Å². The molecule has 1 fully saturated rings. The fourth-order valence-corrected chi connectivity index (χ4v) is 3.57. The van der Waals surface area contributed by atoms with Gasteiger partial charge in [0.25, 0.3) is 0 Å². The standard InChI is InChI=1S/C14H22N2O2S/c1-3-19(17,18)14-6-4-13(5-7-14)16-10-12(9-15)8-11(16)2/h4-7,11-12H,3,8-10,15H2,1-2H3. The molecule has 106 valence electrons. The van der Waals surface area contributed by atoms with Crippen LogP contribution in [0, 0.1) is 5.92 Å². The number of benzene rings is 1. The van der Waals surface area contributed by atoms with Crippen molar-refractivity contribution < 1.29 is 8.42 Å². The lowest BCUT2D eigenvalue weighted by Crippen LogP contribution is -2.27. The fourth-order valence-electron chi connectivity index (χ4n) is 2.68. The van der Waals surface area contributed by atoms with Crippen LogP contribution in [0.4, 0.5) is 5.69 Å². The Labute approximate surface area is 115 Å². The Morgan fingerprint density at radius 1 is 1.32 bits per heavy atom. The molecular formula is C14H22N2O2S. The van der Waals surface area contributed by atoms with Gasteiger partial charge in [-0.2, -0.15) is 0 Å². The lowest BCUT2D eigenvalue weighted by Gasteiger charge is -2.24. The molecule has 0 bridgehead atoms. The number of hydrogen-bond acceptors (Lipinski definition) is 4. The molecule has 2 atom stereocenters. The third-order valence-corrected chi connectivity index (χ3v) is 5.65. The molecule has 1 aliphatic rings. The third kappa shape index (κ3) is 2.92. The summed E-state index contributed by atoms with van der Waals surface area (Å²) in [5.74, 6) is 0.677. The van der Waals surface area contributed by atoms with Crippen molar-refractivity contribution in [3.63, 3.8) is 0 Å². The molecule has 0 aliphatic carbocycles. The first-order valence-electron chi connectivity index (χ1n) is 6.77. The first-order chi connectivity index (χ1) is 8.97. The number of rotatable bonds is 4. The highest BCUT2D eigenvalue weighted by Crippen LogP contribution is 2.29. The van der Waals surface area contributed by atoms with E-state index in [9.17, 15) is 8.42 Å². The average molecular weight is 282 g/mol. The van der Waals surface area contributed by atoms with Crippen LogP contribution in [0.25, 0.3) is 0 Å². The Morgan fingerprint density at radius 3 is 2.42 bits per heavy atom. The Bertz CT molecular complexity index is 525. The normalized spacial score (nSPS) is 23.8. The van der Waals surface area contributed by atoms with E-state index in [2.05, 4.69) is 11.8 Å². The lowest BCUT2D eigenvalue weighted by molar-refractivity contribution is 0.579. The molecule has 0 amide bonds. The van der Waals surface area contributed by atoms with Crippen LogP contribution >= 0.6 is 0 Å². The number of hydrogen-bond donors (Lipinski definition) is 1. The number of nitrogens with zero attached hydrogens (tertiary/aromatic N) is 1. The van der Waals surface area contributed by atoms with Gasteiger partial charge in [0.05, 0.1) is 10.6 Å². The first kappa shape index (κ1) is 14.3. The summed E-state index contributed by atoms with van der Waals surface area (Å²) in [6, 6.07) is 7.67. The molecule has 1 heterocycles. The minimum absolute atomic E-state index is 0.141. The van der Waals surface area contributed by atoms with Gasteiger partial charge in [-0.25, -0.2) is 8.42 Å². The number of anilines is 1. The van der Waals surface area contributed by atoms with Gasteiger partial charge in [0, 0.05) is 18.3 Å². The summed E-state index contributed by atoms with van der Waals surface area (Å²) in [6.07, 6.45) is 1.10. The Hall–Kier alpha value is -1.07. The molecule has 0 aromatic heterocycles. The Morgan fingerprint density at radius 2 is 1.95 bits per heavy atom. The molecule has 1 aliphatic heterocycles. The zero-order chi connectivity index (χ0) is 14.0. The molecule has 5 heteroatoms. The minimum atomic E-state index is -3.11. The molecule has 4 nitrogen and oxygen atoms in total. The average Bonchev–Trinajstić information content (AvgIpc) is 2.80. The van der Waals surface area contributed by atoms with Gasteiger partial charge < -0.3 is 10.6 Å². The van der Waals surface area contributed by atoms with Gasteiger partial charge in [0.1, 0.15) is 0 Å². The van der Waals surface area contributed by atoms with Crippen LogP contribution in [-0.4, -0.2) is 33.3 Å². The summed E-state index contributed by atoms with van der Waals surface area (Å²) < 4.78 is 23.5. The molecule has 2 unspecified atom stereocenters. The second kappa shape index (κ2) is 5.51. The maximum atomic E-state index is 11.8. The van der Waals surface area contributed by atoms with E-state index in [1.54, 1.807) is 19.1 Å². The molecule has 1 aromatic carbocycles. The van der Waals surface area contributed by atoms with Crippen LogP contribution in [0.15, 0.2) is 29.2 Å². The third-order valence-electron chi connectivity index (χ3n) is 3.90. The monoisotopic (exact) mass is 282 g/mol. The SMILES string of the molecule is CCS(=O)(=O)c1ccc(N2CC(CN)CC2C)cc1. The predicted octanol–water partition coefficient (Wildman–Crippen LogP) is 1.65. The molecule has 2 N–H and O–H groups in total. The summed E-state index contributed by atoms with van der Waals surface area (Å²) in [7, 11) is -3.11. The molecule has 1 saturated heterocycles.